The Morgan fingerprint density at radius 1 is 1.36 bits per heavy atom. The number of rotatable bonds is 4. The first-order valence-electron chi connectivity index (χ1n) is 7.36. The number of ether oxygens (including phenoxy) is 1. The van der Waals surface area contributed by atoms with E-state index in [0.29, 0.717) is 39.0 Å². The number of morpholine rings is 1. The van der Waals surface area contributed by atoms with Crippen molar-refractivity contribution < 1.29 is 22.7 Å². The average Bonchev–Trinajstić information content (AvgIpc) is 2.47. The number of nitrogens with one attached hydrogen (secondary N) is 1. The third kappa shape index (κ3) is 4.40. The predicted molar refractivity (Wildman–Crippen MR) is 79.5 cm³/mol. The van der Waals surface area contributed by atoms with E-state index in [1.807, 2.05) is 0 Å². The first-order chi connectivity index (χ1) is 10.3. The highest BCUT2D eigenvalue weighted by Crippen LogP contribution is 2.19. The number of amides is 2. The Labute approximate surface area is 130 Å². The predicted octanol–water partition coefficient (Wildman–Crippen LogP) is -1.37. The molecule has 0 aliphatic carbocycles. The van der Waals surface area contributed by atoms with E-state index in [1.54, 1.807) is 11.9 Å². The Hall–Kier alpha value is -1.19. The Kier molecular flexibility index (Phi) is 5.41. The van der Waals surface area contributed by atoms with Crippen molar-refractivity contribution in [1.82, 2.24) is 14.5 Å². The summed E-state index contributed by atoms with van der Waals surface area (Å²) in [6.45, 7) is 1.64. The number of piperidine rings is 1. The van der Waals surface area contributed by atoms with Gasteiger partial charge in [-0.15, -0.1) is 0 Å². The van der Waals surface area contributed by atoms with Crippen LogP contribution in [0.4, 0.5) is 0 Å². The zero-order valence-electron chi connectivity index (χ0n) is 12.9. The molecule has 0 bridgehead atoms. The van der Waals surface area contributed by atoms with Gasteiger partial charge in [0.25, 0.3) is 0 Å². The molecule has 0 spiro atoms. The molecule has 2 amide bonds. The van der Waals surface area contributed by atoms with Gasteiger partial charge in [0.1, 0.15) is 6.61 Å². The van der Waals surface area contributed by atoms with Crippen LogP contribution in [-0.4, -0.2) is 81.6 Å². The Morgan fingerprint density at radius 3 is 2.55 bits per heavy atom. The van der Waals surface area contributed by atoms with Crippen LogP contribution >= 0.6 is 0 Å². The van der Waals surface area contributed by atoms with Gasteiger partial charge in [-0.1, -0.05) is 0 Å². The lowest BCUT2D eigenvalue weighted by molar-refractivity contribution is -0.146. The highest BCUT2D eigenvalue weighted by atomic mass is 32.2. The van der Waals surface area contributed by atoms with Gasteiger partial charge in [-0.05, 0) is 12.8 Å². The molecule has 9 heteroatoms. The first-order valence-corrected chi connectivity index (χ1v) is 9.20. The fraction of sp³-hybridized carbons (Fsp3) is 0.846. The highest BCUT2D eigenvalue weighted by Gasteiger charge is 2.30. The SMILES string of the molecule is CN1CC(CNC(=O)C2CCN(S(C)(=O)=O)CC2)OCC1=O. The molecular formula is C13H23N3O5S. The number of hydrogen-bond donors (Lipinski definition) is 1. The van der Waals surface area contributed by atoms with E-state index in [4.69, 9.17) is 4.74 Å². The summed E-state index contributed by atoms with van der Waals surface area (Å²) in [6.07, 6.45) is 2.06. The van der Waals surface area contributed by atoms with Crippen LogP contribution < -0.4 is 5.32 Å². The summed E-state index contributed by atoms with van der Waals surface area (Å²) in [5, 5.41) is 2.84. The van der Waals surface area contributed by atoms with Crippen molar-refractivity contribution in [2.24, 2.45) is 5.92 Å². The standard InChI is InChI=1S/C13H23N3O5S/c1-15-8-11(21-9-12(15)17)7-14-13(18)10-3-5-16(6-4-10)22(2,19)20/h10-11H,3-9H2,1-2H3,(H,14,18). The van der Waals surface area contributed by atoms with Crippen LogP contribution in [0.1, 0.15) is 12.8 Å². The van der Waals surface area contributed by atoms with Crippen molar-refractivity contribution in [3.63, 3.8) is 0 Å². The quantitative estimate of drug-likeness (QED) is 0.685. The summed E-state index contributed by atoms with van der Waals surface area (Å²) in [7, 11) is -1.46. The second-order valence-corrected chi connectivity index (χ2v) is 7.87. The zero-order valence-corrected chi connectivity index (χ0v) is 13.8. The van der Waals surface area contributed by atoms with Crippen molar-refractivity contribution in [3.05, 3.63) is 0 Å². The maximum absolute atomic E-state index is 12.1. The van der Waals surface area contributed by atoms with Gasteiger partial charge in [0, 0.05) is 39.1 Å². The number of likely N-dealkylation sites (N-methyl/N-ethyl adjacent to an activating group) is 1. The van der Waals surface area contributed by atoms with Crippen LogP contribution in [0, 0.1) is 5.92 Å². The van der Waals surface area contributed by atoms with E-state index in [1.165, 1.54) is 10.6 Å². The number of carbonyl (C=O) groups is 2. The van der Waals surface area contributed by atoms with Gasteiger partial charge < -0.3 is 15.0 Å². The van der Waals surface area contributed by atoms with Crippen molar-refractivity contribution in [1.29, 1.82) is 0 Å². The number of hydrogen-bond acceptors (Lipinski definition) is 5. The molecule has 8 nitrogen and oxygen atoms in total. The molecule has 126 valence electrons. The van der Waals surface area contributed by atoms with E-state index in [-0.39, 0.29) is 30.4 Å². The van der Waals surface area contributed by atoms with E-state index in [0.717, 1.165) is 0 Å². The van der Waals surface area contributed by atoms with Gasteiger partial charge >= 0.3 is 0 Å². The maximum atomic E-state index is 12.1. The molecule has 0 saturated carbocycles. The van der Waals surface area contributed by atoms with E-state index in [2.05, 4.69) is 5.32 Å². The fourth-order valence-corrected chi connectivity index (χ4v) is 3.57. The molecule has 1 unspecified atom stereocenters. The molecule has 1 N–H and O–H groups in total. The molecule has 0 aromatic heterocycles. The van der Waals surface area contributed by atoms with Gasteiger partial charge in [0.05, 0.1) is 12.4 Å². The summed E-state index contributed by atoms with van der Waals surface area (Å²) in [5.41, 5.74) is 0. The minimum Gasteiger partial charge on any atom is -0.365 e. The molecule has 2 aliphatic heterocycles. The van der Waals surface area contributed by atoms with Crippen LogP contribution in [0.15, 0.2) is 0 Å². The van der Waals surface area contributed by atoms with Crippen molar-refractivity contribution >= 4 is 21.8 Å². The minimum atomic E-state index is -3.17. The van der Waals surface area contributed by atoms with E-state index < -0.39 is 10.0 Å². The first kappa shape index (κ1) is 17.2. The van der Waals surface area contributed by atoms with Crippen LogP contribution in [0.2, 0.25) is 0 Å². The molecule has 2 rings (SSSR count). The van der Waals surface area contributed by atoms with Crippen molar-refractivity contribution in [3.8, 4) is 0 Å². The Balaban J connectivity index is 1.74. The molecule has 2 aliphatic rings. The second kappa shape index (κ2) is 6.93. The minimum absolute atomic E-state index is 0.0454. The molecule has 2 heterocycles. The van der Waals surface area contributed by atoms with Crippen LogP contribution in [-0.2, 0) is 24.3 Å². The molecule has 0 radical (unpaired) electrons. The second-order valence-electron chi connectivity index (χ2n) is 5.89. The van der Waals surface area contributed by atoms with Gasteiger partial charge in [0.2, 0.25) is 21.8 Å². The lowest BCUT2D eigenvalue weighted by atomic mass is 9.97. The van der Waals surface area contributed by atoms with E-state index in [9.17, 15) is 18.0 Å². The molecule has 0 aromatic carbocycles. The monoisotopic (exact) mass is 333 g/mol. The Bertz CT molecular complexity index is 528. The van der Waals surface area contributed by atoms with Crippen LogP contribution in [0.5, 0.6) is 0 Å². The molecule has 2 fully saturated rings. The van der Waals surface area contributed by atoms with Crippen LogP contribution in [0.3, 0.4) is 0 Å². The average molecular weight is 333 g/mol. The van der Waals surface area contributed by atoms with Gasteiger partial charge in [-0.25, -0.2) is 12.7 Å². The normalized spacial score (nSPS) is 25.3. The van der Waals surface area contributed by atoms with Crippen molar-refractivity contribution in [2.45, 2.75) is 18.9 Å². The van der Waals surface area contributed by atoms with Gasteiger partial charge in [-0.2, -0.15) is 0 Å². The summed E-state index contributed by atoms with van der Waals surface area (Å²) in [6, 6.07) is 0. The number of carbonyl (C=O) groups excluding carboxylic acids is 2. The third-order valence-electron chi connectivity index (χ3n) is 4.14. The van der Waals surface area contributed by atoms with Gasteiger partial charge in [0.15, 0.2) is 0 Å². The smallest absolute Gasteiger partial charge is 0.248 e. The van der Waals surface area contributed by atoms with Crippen molar-refractivity contribution in [2.75, 3.05) is 46.1 Å². The summed E-state index contributed by atoms with van der Waals surface area (Å²) in [5.74, 6) is -0.298. The Morgan fingerprint density at radius 2 is 2.00 bits per heavy atom. The summed E-state index contributed by atoms with van der Waals surface area (Å²) < 4.78 is 29.6. The number of nitrogens with zero attached hydrogens (tertiary/aromatic N) is 2. The topological polar surface area (TPSA) is 96.0 Å². The lowest BCUT2D eigenvalue weighted by Crippen LogP contribution is -2.50. The van der Waals surface area contributed by atoms with E-state index >= 15 is 0 Å². The molecular weight excluding hydrogens is 310 g/mol. The summed E-state index contributed by atoms with van der Waals surface area (Å²) in [4.78, 5) is 25.0. The molecule has 22 heavy (non-hydrogen) atoms. The fourth-order valence-electron chi connectivity index (χ4n) is 2.69. The largest absolute Gasteiger partial charge is 0.365 e. The summed E-state index contributed by atoms with van der Waals surface area (Å²) >= 11 is 0. The molecule has 0 aromatic rings. The zero-order chi connectivity index (χ0) is 16.3. The number of sulfonamides is 1. The molecule has 1 atom stereocenters. The maximum Gasteiger partial charge on any atom is 0.248 e. The third-order valence-corrected chi connectivity index (χ3v) is 5.45. The highest BCUT2D eigenvalue weighted by molar-refractivity contribution is 7.88. The molecule has 2 saturated heterocycles. The lowest BCUT2D eigenvalue weighted by Gasteiger charge is -2.32. The van der Waals surface area contributed by atoms with Crippen LogP contribution in [0.25, 0.3) is 0 Å². The van der Waals surface area contributed by atoms with Gasteiger partial charge in [-0.3, -0.25) is 9.59 Å².